The minimum absolute atomic E-state index is 0.210. The monoisotopic (exact) mass is 353 g/mol. The smallest absolute Gasteiger partial charge is 0.123 e. The van der Waals surface area contributed by atoms with Gasteiger partial charge in [-0.05, 0) is 70.0 Å². The third kappa shape index (κ3) is 3.77. The van der Waals surface area contributed by atoms with Crippen LogP contribution in [-0.4, -0.2) is 10.2 Å². The molecule has 0 atom stereocenters. The number of unbranched alkanes of at least 4 members (excludes halogenated alkanes) is 1. The highest BCUT2D eigenvalue weighted by Crippen LogP contribution is 2.37. The van der Waals surface area contributed by atoms with Gasteiger partial charge in [0.1, 0.15) is 17.2 Å². The molecule has 0 bridgehead atoms. The number of aryl methyl sites for hydroxylation is 1. The average molecular weight is 353 g/mol. The first-order valence-electron chi connectivity index (χ1n) is 9.38. The van der Waals surface area contributed by atoms with Crippen LogP contribution in [0.1, 0.15) is 46.2 Å². The van der Waals surface area contributed by atoms with E-state index >= 15 is 0 Å². The zero-order valence-corrected chi connectivity index (χ0v) is 16.4. The SMILES string of the molecule is CCCCn1c(C)c(-c2ccc(F)cc2)c2cc(OC(C)(C)C)ccc21. The molecule has 3 heteroatoms. The van der Waals surface area contributed by atoms with Gasteiger partial charge >= 0.3 is 0 Å². The fourth-order valence-electron chi connectivity index (χ4n) is 3.46. The molecular formula is C23H28FNO. The molecule has 26 heavy (non-hydrogen) atoms. The van der Waals surface area contributed by atoms with Gasteiger partial charge in [-0.15, -0.1) is 0 Å². The van der Waals surface area contributed by atoms with Gasteiger partial charge in [-0.1, -0.05) is 25.5 Å². The first-order valence-corrected chi connectivity index (χ1v) is 9.38. The number of hydrogen-bond acceptors (Lipinski definition) is 1. The fourth-order valence-corrected chi connectivity index (χ4v) is 3.46. The highest BCUT2D eigenvalue weighted by molar-refractivity contribution is 5.98. The second-order valence-corrected chi connectivity index (χ2v) is 7.87. The third-order valence-electron chi connectivity index (χ3n) is 4.59. The van der Waals surface area contributed by atoms with Crippen LogP contribution in [0.2, 0.25) is 0 Å². The topological polar surface area (TPSA) is 14.2 Å². The van der Waals surface area contributed by atoms with Crippen LogP contribution in [0.5, 0.6) is 5.75 Å². The van der Waals surface area contributed by atoms with Gasteiger partial charge in [-0.25, -0.2) is 4.39 Å². The summed E-state index contributed by atoms with van der Waals surface area (Å²) in [5.74, 6) is 0.652. The third-order valence-corrected chi connectivity index (χ3v) is 4.59. The van der Waals surface area contributed by atoms with Crippen molar-refractivity contribution < 1.29 is 9.13 Å². The summed E-state index contributed by atoms with van der Waals surface area (Å²) in [5, 5.41) is 1.16. The average Bonchev–Trinajstić information content (AvgIpc) is 2.83. The Bertz CT molecular complexity index is 901. The number of halogens is 1. The summed E-state index contributed by atoms with van der Waals surface area (Å²) in [5.41, 5.74) is 4.38. The predicted octanol–water partition coefficient (Wildman–Crippen LogP) is 6.73. The van der Waals surface area contributed by atoms with Crippen molar-refractivity contribution in [3.8, 4) is 16.9 Å². The van der Waals surface area contributed by atoms with Crippen molar-refractivity contribution >= 4 is 10.9 Å². The molecule has 0 saturated carbocycles. The molecule has 1 aromatic heterocycles. The maximum Gasteiger partial charge on any atom is 0.123 e. The standard InChI is InChI=1S/C23H28FNO/c1-6-7-14-25-16(2)22(17-8-10-18(24)11-9-17)20-15-19(12-13-21(20)25)26-23(3,4)5/h8-13,15H,6-7,14H2,1-5H3. The van der Waals surface area contributed by atoms with Crippen LogP contribution in [0, 0.1) is 12.7 Å². The van der Waals surface area contributed by atoms with Gasteiger partial charge in [0.05, 0.1) is 0 Å². The Labute approximate surface area is 155 Å². The van der Waals surface area contributed by atoms with Gasteiger partial charge in [0.2, 0.25) is 0 Å². The second kappa shape index (κ2) is 7.14. The maximum absolute atomic E-state index is 13.4. The van der Waals surface area contributed by atoms with Gasteiger partial charge in [0, 0.05) is 28.7 Å². The molecule has 0 amide bonds. The van der Waals surface area contributed by atoms with Crippen molar-refractivity contribution in [3.63, 3.8) is 0 Å². The molecule has 0 radical (unpaired) electrons. The van der Waals surface area contributed by atoms with E-state index in [0.29, 0.717) is 0 Å². The number of nitrogens with zero attached hydrogens (tertiary/aromatic N) is 1. The lowest BCUT2D eigenvalue weighted by Gasteiger charge is -2.21. The van der Waals surface area contributed by atoms with Crippen LogP contribution in [0.25, 0.3) is 22.0 Å². The highest BCUT2D eigenvalue weighted by atomic mass is 19.1. The van der Waals surface area contributed by atoms with Crippen molar-refractivity contribution in [3.05, 3.63) is 54.0 Å². The molecule has 0 aliphatic carbocycles. The molecule has 0 aliphatic heterocycles. The predicted molar refractivity (Wildman–Crippen MR) is 107 cm³/mol. The molecule has 2 nitrogen and oxygen atoms in total. The van der Waals surface area contributed by atoms with E-state index in [2.05, 4.69) is 51.3 Å². The zero-order valence-electron chi connectivity index (χ0n) is 16.4. The van der Waals surface area contributed by atoms with Gasteiger partial charge in [0.25, 0.3) is 0 Å². The molecule has 0 saturated heterocycles. The van der Waals surface area contributed by atoms with Gasteiger partial charge in [-0.3, -0.25) is 0 Å². The maximum atomic E-state index is 13.4. The van der Waals surface area contributed by atoms with E-state index in [4.69, 9.17) is 4.74 Å². The number of aromatic nitrogens is 1. The van der Waals surface area contributed by atoms with E-state index in [9.17, 15) is 4.39 Å². The van der Waals surface area contributed by atoms with Crippen molar-refractivity contribution in [2.75, 3.05) is 0 Å². The molecule has 138 valence electrons. The van der Waals surface area contributed by atoms with Crippen molar-refractivity contribution in [2.45, 2.75) is 59.6 Å². The molecule has 2 aromatic carbocycles. The Morgan fingerprint density at radius 2 is 1.73 bits per heavy atom. The van der Waals surface area contributed by atoms with E-state index in [-0.39, 0.29) is 11.4 Å². The summed E-state index contributed by atoms with van der Waals surface area (Å²) in [7, 11) is 0. The first-order chi connectivity index (χ1) is 12.3. The quantitative estimate of drug-likeness (QED) is 0.496. The number of hydrogen-bond donors (Lipinski definition) is 0. The summed E-state index contributed by atoms with van der Waals surface area (Å²) in [6.45, 7) is 11.5. The van der Waals surface area contributed by atoms with Crippen LogP contribution in [0.4, 0.5) is 4.39 Å². The van der Waals surface area contributed by atoms with Gasteiger partial charge < -0.3 is 9.30 Å². The van der Waals surface area contributed by atoms with E-state index in [1.807, 2.05) is 18.2 Å². The summed E-state index contributed by atoms with van der Waals surface area (Å²) in [4.78, 5) is 0. The molecule has 3 aromatic rings. The van der Waals surface area contributed by atoms with Gasteiger partial charge in [0.15, 0.2) is 0 Å². The lowest BCUT2D eigenvalue weighted by Crippen LogP contribution is -2.22. The number of fused-ring (bicyclic) bond motifs is 1. The Morgan fingerprint density at radius 1 is 1.04 bits per heavy atom. The van der Waals surface area contributed by atoms with Crippen molar-refractivity contribution in [2.24, 2.45) is 0 Å². The Balaban J connectivity index is 2.20. The molecule has 1 heterocycles. The zero-order chi connectivity index (χ0) is 18.9. The molecule has 3 rings (SSSR count). The molecule has 0 unspecified atom stereocenters. The molecule has 0 spiro atoms. The Morgan fingerprint density at radius 3 is 2.35 bits per heavy atom. The fraction of sp³-hybridized carbons (Fsp3) is 0.391. The van der Waals surface area contributed by atoms with Gasteiger partial charge in [-0.2, -0.15) is 0 Å². The minimum atomic E-state index is -0.246. The first kappa shape index (κ1) is 18.5. The second-order valence-electron chi connectivity index (χ2n) is 7.87. The van der Waals surface area contributed by atoms with E-state index in [1.165, 1.54) is 23.3 Å². The van der Waals surface area contributed by atoms with E-state index in [1.54, 1.807) is 0 Å². The van der Waals surface area contributed by atoms with Crippen LogP contribution in [0.3, 0.4) is 0 Å². The summed E-state index contributed by atoms with van der Waals surface area (Å²) >= 11 is 0. The minimum Gasteiger partial charge on any atom is -0.488 e. The number of rotatable bonds is 5. The summed E-state index contributed by atoms with van der Waals surface area (Å²) < 4.78 is 21.9. The van der Waals surface area contributed by atoms with E-state index in [0.717, 1.165) is 41.6 Å². The van der Waals surface area contributed by atoms with Crippen LogP contribution in [0.15, 0.2) is 42.5 Å². The van der Waals surface area contributed by atoms with Crippen LogP contribution >= 0.6 is 0 Å². The Kier molecular flexibility index (Phi) is 5.08. The summed E-state index contributed by atoms with van der Waals surface area (Å²) in [6.07, 6.45) is 2.28. The van der Waals surface area contributed by atoms with Crippen molar-refractivity contribution in [1.29, 1.82) is 0 Å². The van der Waals surface area contributed by atoms with Crippen LogP contribution in [-0.2, 0) is 6.54 Å². The lowest BCUT2D eigenvalue weighted by atomic mass is 10.0. The Hall–Kier alpha value is -2.29. The molecule has 0 fully saturated rings. The number of benzene rings is 2. The largest absolute Gasteiger partial charge is 0.488 e. The molecular weight excluding hydrogens is 325 g/mol. The lowest BCUT2D eigenvalue weighted by molar-refractivity contribution is 0.131. The van der Waals surface area contributed by atoms with E-state index < -0.39 is 0 Å². The van der Waals surface area contributed by atoms with Crippen molar-refractivity contribution in [1.82, 2.24) is 4.57 Å². The van der Waals surface area contributed by atoms with Crippen LogP contribution < -0.4 is 4.74 Å². The molecule has 0 aliphatic rings. The molecule has 0 N–H and O–H groups in total. The summed E-state index contributed by atoms with van der Waals surface area (Å²) in [6, 6.07) is 13.1. The number of ether oxygens (including phenoxy) is 1. The normalized spacial score (nSPS) is 11.9. The highest BCUT2D eigenvalue weighted by Gasteiger charge is 2.18.